The molecule has 136 valence electrons. The number of nitrogens with one attached hydrogen (secondary N) is 1. The normalized spacial score (nSPS) is 15.4. The number of pyridine rings is 1. The fourth-order valence-corrected chi connectivity index (χ4v) is 5.12. The van der Waals surface area contributed by atoms with Crippen molar-refractivity contribution >= 4 is 22.9 Å². The van der Waals surface area contributed by atoms with Crippen LogP contribution in [0.2, 0.25) is 0 Å². The third-order valence-corrected chi connectivity index (χ3v) is 6.34. The standard InChI is InChI=1S/C20H20N6S/c1-2-14-16(15-10-6-7-11-26(15)25-14)20-23-17(13-8-4-3-5-9-13)18(27-20)19-21-12-22-24-19/h2,6-7,10-13H,1,3-5,8-9H2,(H,21,22,24). The molecule has 27 heavy (non-hydrogen) atoms. The van der Waals surface area contributed by atoms with Crippen molar-refractivity contribution < 1.29 is 0 Å². The number of aromatic amines is 1. The fourth-order valence-electron chi connectivity index (χ4n) is 3.96. The first-order valence-electron chi connectivity index (χ1n) is 9.32. The maximum Gasteiger partial charge on any atom is 0.167 e. The molecule has 0 amide bonds. The summed E-state index contributed by atoms with van der Waals surface area (Å²) in [6.07, 6.45) is 11.5. The van der Waals surface area contributed by atoms with E-state index in [1.165, 1.54) is 32.1 Å². The van der Waals surface area contributed by atoms with Gasteiger partial charge >= 0.3 is 0 Å². The maximum atomic E-state index is 5.12. The van der Waals surface area contributed by atoms with Crippen LogP contribution < -0.4 is 0 Å². The molecule has 4 heterocycles. The lowest BCUT2D eigenvalue weighted by atomic mass is 9.86. The molecular formula is C20H20N6S. The minimum Gasteiger partial charge on any atom is -0.259 e. The fraction of sp³-hybridized carbons (Fsp3) is 0.300. The SMILES string of the molecule is C=Cc1nn2ccccc2c1-c1nc(C2CCCCC2)c(-c2ncn[nH]2)s1. The summed E-state index contributed by atoms with van der Waals surface area (Å²) in [5, 5.41) is 12.7. The molecule has 0 aliphatic heterocycles. The summed E-state index contributed by atoms with van der Waals surface area (Å²) < 4.78 is 1.89. The molecule has 5 rings (SSSR count). The minimum absolute atomic E-state index is 0.484. The van der Waals surface area contributed by atoms with Crippen LogP contribution in [-0.2, 0) is 0 Å². The van der Waals surface area contributed by atoms with E-state index in [0.29, 0.717) is 5.92 Å². The Kier molecular flexibility index (Phi) is 4.09. The van der Waals surface area contributed by atoms with Gasteiger partial charge in [0.25, 0.3) is 0 Å². The van der Waals surface area contributed by atoms with Crippen LogP contribution in [0.4, 0.5) is 0 Å². The highest BCUT2D eigenvalue weighted by Crippen LogP contribution is 2.43. The molecule has 0 radical (unpaired) electrons. The molecule has 7 heteroatoms. The molecule has 4 aromatic rings. The zero-order valence-corrected chi connectivity index (χ0v) is 15.7. The van der Waals surface area contributed by atoms with Crippen LogP contribution in [0.1, 0.15) is 49.4 Å². The first-order chi connectivity index (χ1) is 13.3. The summed E-state index contributed by atoms with van der Waals surface area (Å²) >= 11 is 1.67. The highest BCUT2D eigenvalue weighted by atomic mass is 32.1. The first-order valence-corrected chi connectivity index (χ1v) is 10.1. The van der Waals surface area contributed by atoms with E-state index in [2.05, 4.69) is 32.9 Å². The van der Waals surface area contributed by atoms with E-state index >= 15 is 0 Å². The lowest BCUT2D eigenvalue weighted by Crippen LogP contribution is -2.06. The van der Waals surface area contributed by atoms with Gasteiger partial charge in [0, 0.05) is 12.1 Å². The van der Waals surface area contributed by atoms with Crippen molar-refractivity contribution in [2.75, 3.05) is 0 Å². The number of H-pyrrole nitrogens is 1. The highest BCUT2D eigenvalue weighted by molar-refractivity contribution is 7.18. The van der Waals surface area contributed by atoms with Gasteiger partial charge < -0.3 is 0 Å². The van der Waals surface area contributed by atoms with Crippen LogP contribution in [0.15, 0.2) is 37.3 Å². The first kappa shape index (κ1) is 16.4. The Bertz CT molecular complexity index is 1090. The quantitative estimate of drug-likeness (QED) is 0.548. The van der Waals surface area contributed by atoms with Crippen LogP contribution in [0, 0.1) is 0 Å². The molecule has 6 nitrogen and oxygen atoms in total. The predicted molar refractivity (Wildman–Crippen MR) is 108 cm³/mol. The van der Waals surface area contributed by atoms with Crippen LogP contribution in [0.25, 0.3) is 32.9 Å². The number of fused-ring (bicyclic) bond motifs is 1. The zero-order valence-electron chi connectivity index (χ0n) is 14.9. The Morgan fingerprint density at radius 2 is 2.11 bits per heavy atom. The zero-order chi connectivity index (χ0) is 18.2. The minimum atomic E-state index is 0.484. The Morgan fingerprint density at radius 3 is 2.89 bits per heavy atom. The number of hydrogen-bond donors (Lipinski definition) is 1. The Hall–Kier alpha value is -2.80. The molecule has 1 aliphatic rings. The molecular weight excluding hydrogens is 356 g/mol. The summed E-state index contributed by atoms with van der Waals surface area (Å²) in [4.78, 5) is 10.6. The van der Waals surface area contributed by atoms with Crippen molar-refractivity contribution in [1.29, 1.82) is 0 Å². The summed E-state index contributed by atoms with van der Waals surface area (Å²) in [6.45, 7) is 3.95. The van der Waals surface area contributed by atoms with Crippen LogP contribution in [0.3, 0.4) is 0 Å². The van der Waals surface area contributed by atoms with Crippen molar-refractivity contribution in [1.82, 2.24) is 29.8 Å². The summed E-state index contributed by atoms with van der Waals surface area (Å²) in [7, 11) is 0. The van der Waals surface area contributed by atoms with Crippen molar-refractivity contribution in [3.05, 3.63) is 48.7 Å². The van der Waals surface area contributed by atoms with Gasteiger partial charge in [0.05, 0.1) is 27.3 Å². The summed E-state index contributed by atoms with van der Waals surface area (Å²) in [6, 6.07) is 6.08. The van der Waals surface area contributed by atoms with Crippen molar-refractivity contribution in [2.45, 2.75) is 38.0 Å². The van der Waals surface area contributed by atoms with E-state index in [9.17, 15) is 0 Å². The van der Waals surface area contributed by atoms with Gasteiger partial charge in [-0.15, -0.1) is 11.3 Å². The van der Waals surface area contributed by atoms with E-state index in [1.54, 1.807) is 23.7 Å². The van der Waals surface area contributed by atoms with Crippen LogP contribution in [-0.4, -0.2) is 29.8 Å². The average Bonchev–Trinajstić information content (AvgIpc) is 3.45. The number of rotatable bonds is 4. The summed E-state index contributed by atoms with van der Waals surface area (Å²) in [5.41, 5.74) is 4.09. The van der Waals surface area contributed by atoms with Crippen LogP contribution >= 0.6 is 11.3 Å². The molecule has 1 aliphatic carbocycles. The van der Waals surface area contributed by atoms with Gasteiger partial charge in [-0.1, -0.05) is 31.9 Å². The molecule has 0 aromatic carbocycles. The molecule has 0 spiro atoms. The van der Waals surface area contributed by atoms with Gasteiger partial charge in [0.15, 0.2) is 5.82 Å². The maximum absolute atomic E-state index is 5.12. The number of hydrogen-bond acceptors (Lipinski definition) is 5. The predicted octanol–water partition coefficient (Wildman–Crippen LogP) is 4.93. The van der Waals surface area contributed by atoms with Crippen molar-refractivity contribution in [3.63, 3.8) is 0 Å². The van der Waals surface area contributed by atoms with E-state index in [4.69, 9.17) is 4.98 Å². The summed E-state index contributed by atoms with van der Waals surface area (Å²) in [5.74, 6) is 1.29. The smallest absolute Gasteiger partial charge is 0.167 e. The lowest BCUT2D eigenvalue weighted by molar-refractivity contribution is 0.438. The van der Waals surface area contributed by atoms with E-state index in [1.807, 2.05) is 22.8 Å². The van der Waals surface area contributed by atoms with Gasteiger partial charge in [-0.25, -0.2) is 14.5 Å². The van der Waals surface area contributed by atoms with E-state index in [-0.39, 0.29) is 0 Å². The molecule has 1 fully saturated rings. The second kappa shape index (κ2) is 6.74. The molecule has 1 saturated carbocycles. The highest BCUT2D eigenvalue weighted by Gasteiger charge is 2.27. The Labute approximate surface area is 161 Å². The largest absolute Gasteiger partial charge is 0.259 e. The van der Waals surface area contributed by atoms with Crippen molar-refractivity contribution in [2.24, 2.45) is 0 Å². The Morgan fingerprint density at radius 1 is 1.22 bits per heavy atom. The second-order valence-corrected chi connectivity index (χ2v) is 7.90. The number of nitrogens with zero attached hydrogens (tertiary/aromatic N) is 5. The van der Waals surface area contributed by atoms with Gasteiger partial charge in [-0.2, -0.15) is 10.2 Å². The van der Waals surface area contributed by atoms with Gasteiger partial charge in [-0.05, 0) is 31.1 Å². The van der Waals surface area contributed by atoms with Crippen LogP contribution in [0.5, 0.6) is 0 Å². The molecule has 0 unspecified atom stereocenters. The Balaban J connectivity index is 1.71. The molecule has 1 N–H and O–H groups in total. The lowest BCUT2D eigenvalue weighted by Gasteiger charge is -2.20. The molecule has 4 aromatic heterocycles. The van der Waals surface area contributed by atoms with Gasteiger partial charge in [0.2, 0.25) is 0 Å². The molecule has 0 atom stereocenters. The number of aromatic nitrogens is 6. The molecule has 0 bridgehead atoms. The molecule has 0 saturated heterocycles. The van der Waals surface area contributed by atoms with E-state index in [0.717, 1.165) is 38.2 Å². The topological polar surface area (TPSA) is 71.8 Å². The number of thiazole rings is 1. The van der Waals surface area contributed by atoms with Gasteiger partial charge in [0.1, 0.15) is 11.3 Å². The van der Waals surface area contributed by atoms with E-state index < -0.39 is 0 Å². The third-order valence-electron chi connectivity index (χ3n) is 5.25. The van der Waals surface area contributed by atoms with Gasteiger partial charge in [-0.3, -0.25) is 5.10 Å². The second-order valence-electron chi connectivity index (χ2n) is 6.90. The third kappa shape index (κ3) is 2.78. The van der Waals surface area contributed by atoms with Crippen molar-refractivity contribution in [3.8, 4) is 21.3 Å². The average molecular weight is 376 g/mol. The monoisotopic (exact) mass is 376 g/mol.